The first kappa shape index (κ1) is 15.5. The lowest BCUT2D eigenvalue weighted by Crippen LogP contribution is -2.26. The van der Waals surface area contributed by atoms with Gasteiger partial charge in [0.25, 0.3) is 0 Å². The largest absolute Gasteiger partial charge is 0.398 e. The van der Waals surface area contributed by atoms with Crippen molar-refractivity contribution in [3.05, 3.63) is 42.0 Å². The summed E-state index contributed by atoms with van der Waals surface area (Å²) in [5, 5.41) is 0. The minimum Gasteiger partial charge on any atom is -0.398 e. The van der Waals surface area contributed by atoms with Crippen LogP contribution in [-0.2, 0) is 16.6 Å². The Balaban J connectivity index is 2.02. The van der Waals surface area contributed by atoms with Crippen LogP contribution in [0.15, 0.2) is 35.7 Å². The highest BCUT2D eigenvalue weighted by Crippen LogP contribution is 2.22. The average Bonchev–Trinajstić information content (AvgIpc) is 2.92. The molecule has 0 amide bonds. The summed E-state index contributed by atoms with van der Waals surface area (Å²) in [4.78, 5) is 4.19. The van der Waals surface area contributed by atoms with Crippen molar-refractivity contribution in [2.45, 2.75) is 31.7 Å². The van der Waals surface area contributed by atoms with Crippen LogP contribution in [0.25, 0.3) is 0 Å². The lowest BCUT2D eigenvalue weighted by molar-refractivity contribution is 0.569. The number of nitrogens with two attached hydrogens (primary N) is 1. The number of anilines is 1. The van der Waals surface area contributed by atoms with Crippen molar-refractivity contribution in [2.75, 3.05) is 12.3 Å². The number of nitrogens with zero attached hydrogens (tertiary/aromatic N) is 2. The fourth-order valence-corrected chi connectivity index (χ4v) is 3.53. The maximum Gasteiger partial charge on any atom is 0.240 e. The highest BCUT2D eigenvalue weighted by atomic mass is 32.2. The minimum absolute atomic E-state index is 0.252. The molecule has 0 aliphatic carbocycles. The fraction of sp³-hybridized carbons (Fsp3) is 0.357. The zero-order valence-corrected chi connectivity index (χ0v) is 13.0. The van der Waals surface area contributed by atoms with Gasteiger partial charge < -0.3 is 10.3 Å². The lowest BCUT2D eigenvalue weighted by atomic mass is 10.1. The Morgan fingerprint density at radius 1 is 1.33 bits per heavy atom. The van der Waals surface area contributed by atoms with E-state index in [0.29, 0.717) is 24.2 Å². The maximum absolute atomic E-state index is 12.3. The molecular weight excluding hydrogens is 288 g/mol. The van der Waals surface area contributed by atoms with Crippen LogP contribution < -0.4 is 10.5 Å². The monoisotopic (exact) mass is 308 g/mol. The zero-order valence-electron chi connectivity index (χ0n) is 12.2. The van der Waals surface area contributed by atoms with E-state index >= 15 is 0 Å². The Bertz CT molecular complexity index is 709. The van der Waals surface area contributed by atoms with Gasteiger partial charge in [-0.05, 0) is 43.5 Å². The second-order valence-corrected chi connectivity index (χ2v) is 6.76. The molecule has 0 saturated carbocycles. The molecule has 0 fully saturated rings. The molecule has 0 aliphatic rings. The summed E-state index contributed by atoms with van der Waals surface area (Å²) in [6, 6.07) is 3.41. The first-order valence-electron chi connectivity index (χ1n) is 6.72. The van der Waals surface area contributed by atoms with E-state index in [-0.39, 0.29) is 4.90 Å². The number of benzene rings is 1. The van der Waals surface area contributed by atoms with Gasteiger partial charge in [0.05, 0.1) is 11.2 Å². The molecule has 3 N–H and O–H groups in total. The second-order valence-electron chi connectivity index (χ2n) is 5.03. The topological polar surface area (TPSA) is 90.0 Å². The van der Waals surface area contributed by atoms with Gasteiger partial charge in [0.15, 0.2) is 0 Å². The molecule has 1 heterocycles. The summed E-state index contributed by atoms with van der Waals surface area (Å²) in [5.74, 6) is 0. The number of nitrogens with one attached hydrogen (secondary N) is 1. The van der Waals surface area contributed by atoms with E-state index in [0.717, 1.165) is 12.1 Å². The SMILES string of the molecule is Cc1cc(N)c(C)c(S(=O)(=O)NCCCn2ccnc2)c1. The van der Waals surface area contributed by atoms with E-state index in [1.54, 1.807) is 31.6 Å². The van der Waals surface area contributed by atoms with Crippen molar-refractivity contribution < 1.29 is 8.42 Å². The van der Waals surface area contributed by atoms with Crippen molar-refractivity contribution in [3.63, 3.8) is 0 Å². The summed E-state index contributed by atoms with van der Waals surface area (Å²) in [5.41, 5.74) is 7.75. The summed E-state index contributed by atoms with van der Waals surface area (Å²) in [6.45, 7) is 4.63. The zero-order chi connectivity index (χ0) is 15.5. The number of hydrogen-bond donors (Lipinski definition) is 2. The average molecular weight is 308 g/mol. The standard InChI is InChI=1S/C14H20N4O2S/c1-11-8-13(15)12(2)14(9-11)21(19,20)17-4-3-6-18-7-5-16-10-18/h5,7-10,17H,3-4,6,15H2,1-2H3. The number of sulfonamides is 1. The van der Waals surface area contributed by atoms with Gasteiger partial charge in [-0.3, -0.25) is 0 Å². The molecule has 6 nitrogen and oxygen atoms in total. The van der Waals surface area contributed by atoms with Gasteiger partial charge in [0.2, 0.25) is 10.0 Å². The summed E-state index contributed by atoms with van der Waals surface area (Å²) < 4.78 is 29.2. The number of nitrogen functional groups attached to an aromatic ring is 1. The van der Waals surface area contributed by atoms with Gasteiger partial charge in [-0.2, -0.15) is 0 Å². The van der Waals surface area contributed by atoms with Gasteiger partial charge in [0.1, 0.15) is 0 Å². The Labute approximate surface area is 125 Å². The van der Waals surface area contributed by atoms with E-state index in [1.807, 2.05) is 17.7 Å². The van der Waals surface area contributed by atoms with Crippen LogP contribution in [-0.4, -0.2) is 24.5 Å². The molecule has 1 aromatic heterocycles. The van der Waals surface area contributed by atoms with Crippen LogP contribution in [0.1, 0.15) is 17.5 Å². The highest BCUT2D eigenvalue weighted by Gasteiger charge is 2.18. The van der Waals surface area contributed by atoms with E-state index < -0.39 is 10.0 Å². The van der Waals surface area contributed by atoms with Gasteiger partial charge in [0, 0.05) is 31.2 Å². The highest BCUT2D eigenvalue weighted by molar-refractivity contribution is 7.89. The van der Waals surface area contributed by atoms with Gasteiger partial charge >= 0.3 is 0 Å². The Kier molecular flexibility index (Phi) is 4.64. The molecule has 0 saturated heterocycles. The number of aryl methyl sites for hydroxylation is 2. The quantitative estimate of drug-likeness (QED) is 0.624. The van der Waals surface area contributed by atoms with E-state index in [2.05, 4.69) is 9.71 Å². The van der Waals surface area contributed by atoms with Crippen LogP contribution in [0.5, 0.6) is 0 Å². The van der Waals surface area contributed by atoms with Gasteiger partial charge in [-0.25, -0.2) is 18.1 Å². The third-order valence-corrected chi connectivity index (χ3v) is 4.87. The summed E-state index contributed by atoms with van der Waals surface area (Å²) >= 11 is 0. The van der Waals surface area contributed by atoms with Crippen molar-refractivity contribution in [3.8, 4) is 0 Å². The van der Waals surface area contributed by atoms with Gasteiger partial charge in [-0.1, -0.05) is 0 Å². The van der Waals surface area contributed by atoms with Crippen LogP contribution in [0.2, 0.25) is 0 Å². The third-order valence-electron chi connectivity index (χ3n) is 3.28. The fourth-order valence-electron chi connectivity index (χ4n) is 2.10. The maximum atomic E-state index is 12.3. The second kappa shape index (κ2) is 6.28. The van der Waals surface area contributed by atoms with E-state index in [4.69, 9.17) is 5.73 Å². The van der Waals surface area contributed by atoms with E-state index in [9.17, 15) is 8.42 Å². The first-order valence-corrected chi connectivity index (χ1v) is 8.20. The molecule has 1 aromatic carbocycles. The van der Waals surface area contributed by atoms with Crippen LogP contribution in [0.4, 0.5) is 5.69 Å². The lowest BCUT2D eigenvalue weighted by Gasteiger charge is -2.12. The van der Waals surface area contributed by atoms with Crippen LogP contribution in [0.3, 0.4) is 0 Å². The number of imidazole rings is 1. The first-order chi connectivity index (χ1) is 9.90. The molecule has 0 spiro atoms. The summed E-state index contributed by atoms with van der Waals surface area (Å²) in [6.07, 6.45) is 5.94. The van der Waals surface area contributed by atoms with Crippen molar-refractivity contribution in [1.82, 2.24) is 14.3 Å². The van der Waals surface area contributed by atoms with Crippen LogP contribution >= 0.6 is 0 Å². The number of hydrogen-bond acceptors (Lipinski definition) is 4. The predicted octanol–water partition coefficient (Wildman–Crippen LogP) is 1.45. The Morgan fingerprint density at radius 2 is 2.10 bits per heavy atom. The molecule has 0 radical (unpaired) electrons. The molecule has 2 rings (SSSR count). The Morgan fingerprint density at radius 3 is 2.76 bits per heavy atom. The van der Waals surface area contributed by atoms with Crippen LogP contribution in [0, 0.1) is 13.8 Å². The molecule has 0 atom stereocenters. The molecular formula is C14H20N4O2S. The van der Waals surface area contributed by atoms with Crippen molar-refractivity contribution in [2.24, 2.45) is 0 Å². The normalized spacial score (nSPS) is 11.7. The summed E-state index contributed by atoms with van der Waals surface area (Å²) in [7, 11) is -3.53. The predicted molar refractivity (Wildman–Crippen MR) is 82.4 cm³/mol. The van der Waals surface area contributed by atoms with E-state index in [1.165, 1.54) is 0 Å². The number of aromatic nitrogens is 2. The number of rotatable bonds is 6. The van der Waals surface area contributed by atoms with Crippen molar-refractivity contribution in [1.29, 1.82) is 0 Å². The Hall–Kier alpha value is -1.86. The molecule has 114 valence electrons. The molecule has 0 unspecified atom stereocenters. The van der Waals surface area contributed by atoms with Gasteiger partial charge in [-0.15, -0.1) is 0 Å². The molecule has 7 heteroatoms. The minimum atomic E-state index is -3.53. The molecule has 0 aliphatic heterocycles. The molecule has 2 aromatic rings. The third kappa shape index (κ3) is 3.83. The van der Waals surface area contributed by atoms with Crippen molar-refractivity contribution >= 4 is 15.7 Å². The smallest absolute Gasteiger partial charge is 0.240 e. The molecule has 21 heavy (non-hydrogen) atoms. The molecule has 0 bridgehead atoms.